The summed E-state index contributed by atoms with van der Waals surface area (Å²) in [5.74, 6) is 0. The molecule has 2 unspecified atom stereocenters. The summed E-state index contributed by atoms with van der Waals surface area (Å²) in [5, 5.41) is 4.54. The van der Waals surface area contributed by atoms with Gasteiger partial charge in [0, 0.05) is 6.20 Å². The van der Waals surface area contributed by atoms with Crippen LogP contribution in [0.4, 0.5) is 0 Å². The highest BCUT2D eigenvalue weighted by Crippen LogP contribution is 2.34. The largest absolute Gasteiger partial charge is 0.322 e. The minimum atomic E-state index is 0.0444. The van der Waals surface area contributed by atoms with Crippen molar-refractivity contribution in [2.24, 2.45) is 5.73 Å². The maximum absolute atomic E-state index is 6.47. The molecule has 2 N–H and O–H groups in total. The number of aromatic nitrogens is 2. The topological polar surface area (TPSA) is 43.8 Å². The molecule has 1 aromatic heterocycles. The summed E-state index contributed by atoms with van der Waals surface area (Å²) in [4.78, 5) is 0. The van der Waals surface area contributed by atoms with Crippen molar-refractivity contribution in [2.75, 3.05) is 0 Å². The van der Waals surface area contributed by atoms with Gasteiger partial charge in [-0.25, -0.2) is 0 Å². The average Bonchev–Trinajstić information content (AvgIpc) is 2.73. The van der Waals surface area contributed by atoms with Gasteiger partial charge in [0.25, 0.3) is 0 Å². The minimum absolute atomic E-state index is 0.0444. The van der Waals surface area contributed by atoms with Gasteiger partial charge < -0.3 is 5.73 Å². The summed E-state index contributed by atoms with van der Waals surface area (Å²) >= 11 is 0. The Hall–Kier alpha value is -1.61. The SMILES string of the molecule is Cc1ccn(C2CCCc3ccccc3C2N)n1. The predicted molar refractivity (Wildman–Crippen MR) is 72.3 cm³/mol. The van der Waals surface area contributed by atoms with E-state index in [-0.39, 0.29) is 12.1 Å². The quantitative estimate of drug-likeness (QED) is 0.780. The first kappa shape index (κ1) is 11.5. The van der Waals surface area contributed by atoms with Crippen LogP contribution in [0.5, 0.6) is 0 Å². The number of hydrogen-bond donors (Lipinski definition) is 1. The van der Waals surface area contributed by atoms with Gasteiger partial charge in [0.05, 0.1) is 17.8 Å². The Balaban J connectivity index is 1.99. The molecule has 3 rings (SSSR count). The molecule has 0 saturated heterocycles. The number of fused-ring (bicyclic) bond motifs is 1. The lowest BCUT2D eigenvalue weighted by Gasteiger charge is -2.23. The van der Waals surface area contributed by atoms with Crippen LogP contribution in [0, 0.1) is 6.92 Å². The first-order valence-corrected chi connectivity index (χ1v) is 6.61. The van der Waals surface area contributed by atoms with Gasteiger partial charge in [-0.15, -0.1) is 0 Å². The zero-order valence-corrected chi connectivity index (χ0v) is 10.7. The Labute approximate surface area is 108 Å². The molecule has 0 saturated carbocycles. The Morgan fingerprint density at radius 2 is 2.11 bits per heavy atom. The standard InChI is InChI=1S/C15H19N3/c1-11-9-10-18(17-11)14-8-4-6-12-5-2-3-7-13(12)15(14)16/h2-3,5,7,9-10,14-15H,4,6,8,16H2,1H3. The summed E-state index contributed by atoms with van der Waals surface area (Å²) in [7, 11) is 0. The van der Waals surface area contributed by atoms with E-state index in [0.29, 0.717) is 0 Å². The third kappa shape index (κ3) is 1.95. The Morgan fingerprint density at radius 1 is 1.28 bits per heavy atom. The van der Waals surface area contributed by atoms with Crippen LogP contribution in [0.3, 0.4) is 0 Å². The highest BCUT2D eigenvalue weighted by Gasteiger charge is 2.26. The van der Waals surface area contributed by atoms with Crippen molar-refractivity contribution in [1.29, 1.82) is 0 Å². The van der Waals surface area contributed by atoms with E-state index in [1.54, 1.807) is 0 Å². The van der Waals surface area contributed by atoms with Crippen molar-refractivity contribution in [1.82, 2.24) is 9.78 Å². The van der Waals surface area contributed by atoms with Crippen molar-refractivity contribution in [2.45, 2.75) is 38.3 Å². The number of aryl methyl sites for hydroxylation is 2. The molecule has 0 radical (unpaired) electrons. The lowest BCUT2D eigenvalue weighted by atomic mass is 9.97. The monoisotopic (exact) mass is 241 g/mol. The third-order valence-electron chi connectivity index (χ3n) is 3.86. The predicted octanol–water partition coefficient (Wildman–Crippen LogP) is 2.77. The normalized spacial score (nSPS) is 23.4. The van der Waals surface area contributed by atoms with Crippen molar-refractivity contribution in [3.8, 4) is 0 Å². The van der Waals surface area contributed by atoms with Crippen molar-refractivity contribution >= 4 is 0 Å². The summed E-state index contributed by atoms with van der Waals surface area (Å²) in [6.45, 7) is 2.02. The van der Waals surface area contributed by atoms with Gasteiger partial charge in [0.15, 0.2) is 0 Å². The summed E-state index contributed by atoms with van der Waals surface area (Å²) in [6, 6.07) is 10.9. The van der Waals surface area contributed by atoms with E-state index < -0.39 is 0 Å². The first-order valence-electron chi connectivity index (χ1n) is 6.61. The number of benzene rings is 1. The van der Waals surface area contributed by atoms with Gasteiger partial charge in [0.1, 0.15) is 0 Å². The number of hydrogen-bond acceptors (Lipinski definition) is 2. The molecule has 0 aliphatic heterocycles. The Morgan fingerprint density at radius 3 is 2.89 bits per heavy atom. The zero-order chi connectivity index (χ0) is 12.5. The van der Waals surface area contributed by atoms with Crippen molar-refractivity contribution < 1.29 is 0 Å². The number of rotatable bonds is 1. The maximum Gasteiger partial charge on any atom is 0.0712 e. The van der Waals surface area contributed by atoms with Crippen LogP contribution in [0.15, 0.2) is 36.5 Å². The highest BCUT2D eigenvalue weighted by atomic mass is 15.3. The number of nitrogens with zero attached hydrogens (tertiary/aromatic N) is 2. The fraction of sp³-hybridized carbons (Fsp3) is 0.400. The van der Waals surface area contributed by atoms with Crippen LogP contribution in [0.1, 0.15) is 41.7 Å². The fourth-order valence-electron chi connectivity index (χ4n) is 2.89. The second-order valence-electron chi connectivity index (χ2n) is 5.12. The molecule has 18 heavy (non-hydrogen) atoms. The molecule has 3 heteroatoms. The van der Waals surface area contributed by atoms with E-state index in [0.717, 1.165) is 18.5 Å². The van der Waals surface area contributed by atoms with Gasteiger partial charge in [-0.2, -0.15) is 5.10 Å². The lowest BCUT2D eigenvalue weighted by Crippen LogP contribution is -2.24. The number of nitrogens with two attached hydrogens (primary N) is 1. The van der Waals surface area contributed by atoms with Crippen LogP contribution in [0.25, 0.3) is 0 Å². The van der Waals surface area contributed by atoms with E-state index in [1.165, 1.54) is 17.5 Å². The van der Waals surface area contributed by atoms with Crippen LogP contribution in [-0.2, 0) is 6.42 Å². The molecule has 1 heterocycles. The van der Waals surface area contributed by atoms with Crippen LogP contribution < -0.4 is 5.73 Å². The van der Waals surface area contributed by atoms with Gasteiger partial charge in [-0.3, -0.25) is 4.68 Å². The molecule has 1 aromatic carbocycles. The van der Waals surface area contributed by atoms with Crippen LogP contribution in [-0.4, -0.2) is 9.78 Å². The first-order chi connectivity index (χ1) is 8.75. The van der Waals surface area contributed by atoms with E-state index >= 15 is 0 Å². The van der Waals surface area contributed by atoms with Gasteiger partial charge in [-0.05, 0) is 43.4 Å². The molecule has 2 aromatic rings. The molecule has 2 atom stereocenters. The molecule has 0 bridgehead atoms. The smallest absolute Gasteiger partial charge is 0.0712 e. The van der Waals surface area contributed by atoms with Crippen LogP contribution in [0.2, 0.25) is 0 Å². The summed E-state index contributed by atoms with van der Waals surface area (Å²) in [5.41, 5.74) is 10.2. The third-order valence-corrected chi connectivity index (χ3v) is 3.86. The van der Waals surface area contributed by atoms with E-state index in [4.69, 9.17) is 5.73 Å². The molecule has 94 valence electrons. The molecule has 0 fully saturated rings. The molecule has 3 nitrogen and oxygen atoms in total. The van der Waals surface area contributed by atoms with Gasteiger partial charge >= 0.3 is 0 Å². The average molecular weight is 241 g/mol. The molecule has 0 spiro atoms. The van der Waals surface area contributed by atoms with Crippen molar-refractivity contribution in [3.63, 3.8) is 0 Å². The molecular weight excluding hydrogens is 222 g/mol. The molecule has 1 aliphatic carbocycles. The highest BCUT2D eigenvalue weighted by molar-refractivity contribution is 5.31. The van der Waals surface area contributed by atoms with Gasteiger partial charge in [-0.1, -0.05) is 24.3 Å². The zero-order valence-electron chi connectivity index (χ0n) is 10.7. The Kier molecular flexibility index (Phi) is 2.92. The second kappa shape index (κ2) is 4.58. The summed E-state index contributed by atoms with van der Waals surface area (Å²) < 4.78 is 2.04. The minimum Gasteiger partial charge on any atom is -0.322 e. The van der Waals surface area contributed by atoms with Gasteiger partial charge in [0.2, 0.25) is 0 Å². The fourth-order valence-corrected chi connectivity index (χ4v) is 2.89. The Bertz CT molecular complexity index is 544. The van der Waals surface area contributed by atoms with E-state index in [1.807, 2.05) is 23.9 Å². The molecule has 1 aliphatic rings. The summed E-state index contributed by atoms with van der Waals surface area (Å²) in [6.07, 6.45) is 5.44. The lowest BCUT2D eigenvalue weighted by molar-refractivity contribution is 0.361. The maximum atomic E-state index is 6.47. The molecule has 0 amide bonds. The van der Waals surface area contributed by atoms with E-state index in [9.17, 15) is 0 Å². The molecular formula is C15H19N3. The van der Waals surface area contributed by atoms with Crippen molar-refractivity contribution in [3.05, 3.63) is 53.3 Å². The van der Waals surface area contributed by atoms with E-state index in [2.05, 4.69) is 29.4 Å². The van der Waals surface area contributed by atoms with Crippen LogP contribution >= 0.6 is 0 Å². The second-order valence-corrected chi connectivity index (χ2v) is 5.12.